The van der Waals surface area contributed by atoms with Crippen LogP contribution < -0.4 is 19.7 Å². The molecule has 0 bridgehead atoms. The third-order valence-electron chi connectivity index (χ3n) is 4.25. The van der Waals surface area contributed by atoms with E-state index in [1.165, 1.54) is 30.8 Å². The molecular weight excluding hydrogens is 280 g/mol. The highest BCUT2D eigenvalue weighted by atomic mass is 16.5. The summed E-state index contributed by atoms with van der Waals surface area (Å²) < 4.78 is 10.5. The van der Waals surface area contributed by atoms with Gasteiger partial charge in [-0.15, -0.1) is 0 Å². The zero-order chi connectivity index (χ0) is 15.9. The largest absolute Gasteiger partial charge is 0.497 e. The van der Waals surface area contributed by atoms with Crippen molar-refractivity contribution in [2.24, 2.45) is 5.92 Å². The van der Waals surface area contributed by atoms with Crippen LogP contribution in [-0.2, 0) is 4.79 Å². The van der Waals surface area contributed by atoms with Crippen LogP contribution in [0.25, 0.3) is 0 Å². The zero-order valence-corrected chi connectivity index (χ0v) is 13.8. The van der Waals surface area contributed by atoms with Crippen molar-refractivity contribution in [3.8, 4) is 11.5 Å². The van der Waals surface area contributed by atoms with Crippen LogP contribution in [0.5, 0.6) is 11.5 Å². The lowest BCUT2D eigenvalue weighted by Gasteiger charge is -2.27. The van der Waals surface area contributed by atoms with Gasteiger partial charge in [0.2, 0.25) is 5.91 Å². The maximum absolute atomic E-state index is 12.1. The van der Waals surface area contributed by atoms with Crippen LogP contribution >= 0.6 is 0 Å². The van der Waals surface area contributed by atoms with Crippen LogP contribution in [0.15, 0.2) is 18.2 Å². The molecule has 0 aromatic heterocycles. The van der Waals surface area contributed by atoms with E-state index in [1.807, 2.05) is 12.1 Å². The summed E-state index contributed by atoms with van der Waals surface area (Å²) in [4.78, 5) is 13.7. The molecule has 5 heteroatoms. The Kier molecular flexibility index (Phi) is 6.07. The first kappa shape index (κ1) is 16.6. The summed E-state index contributed by atoms with van der Waals surface area (Å²) in [7, 11) is 3.19. The van der Waals surface area contributed by atoms with Crippen LogP contribution in [0, 0.1) is 5.92 Å². The molecule has 2 N–H and O–H groups in total. The number of nitrogens with one attached hydrogen (secondary N) is 2. The van der Waals surface area contributed by atoms with Crippen LogP contribution in [0.2, 0.25) is 0 Å². The fourth-order valence-electron chi connectivity index (χ4n) is 3.03. The smallest absolute Gasteiger partial charge is 0.230 e. The molecule has 0 radical (unpaired) electrons. The summed E-state index contributed by atoms with van der Waals surface area (Å²) >= 11 is 0. The second-order valence-electron chi connectivity index (χ2n) is 6.07. The second kappa shape index (κ2) is 8.03. The van der Waals surface area contributed by atoms with Crippen LogP contribution in [0.1, 0.15) is 26.2 Å². The molecule has 1 heterocycles. The third-order valence-corrected chi connectivity index (χ3v) is 4.25. The van der Waals surface area contributed by atoms with Crippen molar-refractivity contribution in [2.45, 2.75) is 26.2 Å². The van der Waals surface area contributed by atoms with E-state index >= 15 is 0 Å². The van der Waals surface area contributed by atoms with Gasteiger partial charge in [-0.05, 0) is 25.0 Å². The number of rotatable bonds is 6. The van der Waals surface area contributed by atoms with E-state index in [-0.39, 0.29) is 5.91 Å². The Labute approximate surface area is 132 Å². The molecule has 1 unspecified atom stereocenters. The summed E-state index contributed by atoms with van der Waals surface area (Å²) in [5, 5.41) is 2.93. The van der Waals surface area contributed by atoms with E-state index in [0.717, 1.165) is 12.5 Å². The van der Waals surface area contributed by atoms with Crippen LogP contribution in [0.3, 0.4) is 0 Å². The molecule has 0 spiro atoms. The predicted molar refractivity (Wildman–Crippen MR) is 86.8 cm³/mol. The maximum atomic E-state index is 12.1. The van der Waals surface area contributed by atoms with Crippen molar-refractivity contribution >= 4 is 11.6 Å². The van der Waals surface area contributed by atoms with Gasteiger partial charge in [-0.3, -0.25) is 4.79 Å². The molecule has 1 amide bonds. The zero-order valence-electron chi connectivity index (χ0n) is 13.8. The first-order chi connectivity index (χ1) is 10.6. The minimum Gasteiger partial charge on any atom is -0.497 e. The molecule has 1 fully saturated rings. The average Bonchev–Trinajstić information content (AvgIpc) is 2.53. The summed E-state index contributed by atoms with van der Waals surface area (Å²) in [5.74, 6) is 2.14. The molecule has 22 heavy (non-hydrogen) atoms. The van der Waals surface area contributed by atoms with E-state index < -0.39 is 0 Å². The van der Waals surface area contributed by atoms with Gasteiger partial charge in [-0.2, -0.15) is 0 Å². The number of carbonyl (C=O) groups excluding carboxylic acids is 1. The highest BCUT2D eigenvalue weighted by molar-refractivity contribution is 5.92. The van der Waals surface area contributed by atoms with Gasteiger partial charge in [-0.1, -0.05) is 6.92 Å². The van der Waals surface area contributed by atoms with Crippen LogP contribution in [-0.4, -0.2) is 39.8 Å². The van der Waals surface area contributed by atoms with Gasteiger partial charge in [0.1, 0.15) is 11.5 Å². The first-order valence-corrected chi connectivity index (χ1v) is 7.97. The van der Waals surface area contributed by atoms with Gasteiger partial charge < -0.3 is 19.7 Å². The molecule has 5 nitrogen and oxygen atoms in total. The van der Waals surface area contributed by atoms with E-state index in [4.69, 9.17) is 9.47 Å². The fraction of sp³-hybridized carbons (Fsp3) is 0.588. The number of benzene rings is 1. The lowest BCUT2D eigenvalue weighted by atomic mass is 10.0. The lowest BCUT2D eigenvalue weighted by molar-refractivity contribution is -0.907. The maximum Gasteiger partial charge on any atom is 0.230 e. The molecule has 122 valence electrons. The predicted octanol–water partition coefficient (Wildman–Crippen LogP) is 1.35. The summed E-state index contributed by atoms with van der Waals surface area (Å²) in [5.41, 5.74) is 0.690. The monoisotopic (exact) mass is 307 g/mol. The van der Waals surface area contributed by atoms with Crippen molar-refractivity contribution in [3.63, 3.8) is 0 Å². The number of amides is 1. The summed E-state index contributed by atoms with van der Waals surface area (Å²) in [6.45, 7) is 5.55. The third kappa shape index (κ3) is 4.63. The van der Waals surface area contributed by atoms with Gasteiger partial charge in [-0.25, -0.2) is 0 Å². The highest BCUT2D eigenvalue weighted by Crippen LogP contribution is 2.28. The van der Waals surface area contributed by atoms with Crippen molar-refractivity contribution in [3.05, 3.63) is 18.2 Å². The Morgan fingerprint density at radius 1 is 1.36 bits per heavy atom. The topological polar surface area (TPSA) is 52.0 Å². The number of anilines is 1. The molecule has 2 rings (SSSR count). The number of hydrogen-bond acceptors (Lipinski definition) is 3. The quantitative estimate of drug-likeness (QED) is 0.834. The Hall–Kier alpha value is -1.75. The van der Waals surface area contributed by atoms with Crippen molar-refractivity contribution in [1.29, 1.82) is 0 Å². The summed E-state index contributed by atoms with van der Waals surface area (Å²) in [6.07, 6.45) is 3.13. The minimum atomic E-state index is 0.0363. The standard InChI is InChI=1S/C17H26N2O3/c1-13-5-4-9-19(12-13)10-8-17(20)18-15-7-6-14(21-2)11-16(15)22-3/h6-7,11,13H,4-5,8-10,12H2,1-3H3,(H,18,20)/p+1/t13-/m1/s1. The number of quaternary nitrogens is 1. The number of likely N-dealkylation sites (tertiary alicyclic amines) is 1. The molecule has 1 saturated heterocycles. The Morgan fingerprint density at radius 2 is 2.18 bits per heavy atom. The second-order valence-corrected chi connectivity index (χ2v) is 6.07. The Balaban J connectivity index is 1.86. The van der Waals surface area contributed by atoms with E-state index in [0.29, 0.717) is 23.6 Å². The molecule has 2 atom stereocenters. The van der Waals surface area contributed by atoms with Crippen molar-refractivity contribution in [1.82, 2.24) is 0 Å². The number of carbonyl (C=O) groups is 1. The minimum absolute atomic E-state index is 0.0363. The van der Waals surface area contributed by atoms with Crippen molar-refractivity contribution in [2.75, 3.05) is 39.2 Å². The van der Waals surface area contributed by atoms with E-state index in [1.54, 1.807) is 20.3 Å². The van der Waals surface area contributed by atoms with Gasteiger partial charge in [0.25, 0.3) is 0 Å². The lowest BCUT2D eigenvalue weighted by Crippen LogP contribution is -3.13. The highest BCUT2D eigenvalue weighted by Gasteiger charge is 2.20. The van der Waals surface area contributed by atoms with Gasteiger partial charge in [0.05, 0.1) is 46.0 Å². The van der Waals surface area contributed by atoms with E-state index in [9.17, 15) is 4.79 Å². The van der Waals surface area contributed by atoms with Gasteiger partial charge in [0.15, 0.2) is 0 Å². The fourth-order valence-corrected chi connectivity index (χ4v) is 3.03. The Morgan fingerprint density at radius 3 is 2.86 bits per heavy atom. The SMILES string of the molecule is COc1ccc(NC(=O)CC[NH+]2CCC[C@@H](C)C2)c(OC)c1. The van der Waals surface area contributed by atoms with Gasteiger partial charge >= 0.3 is 0 Å². The molecule has 1 aliphatic rings. The van der Waals surface area contributed by atoms with Gasteiger partial charge in [0, 0.05) is 12.0 Å². The summed E-state index contributed by atoms with van der Waals surface area (Å²) in [6, 6.07) is 5.40. The Bertz CT molecular complexity index is 505. The molecular formula is C17H27N2O3+. The molecule has 0 aliphatic carbocycles. The van der Waals surface area contributed by atoms with Crippen LogP contribution in [0.4, 0.5) is 5.69 Å². The first-order valence-electron chi connectivity index (χ1n) is 7.97. The van der Waals surface area contributed by atoms with Crippen molar-refractivity contribution < 1.29 is 19.2 Å². The molecule has 1 aromatic rings. The van der Waals surface area contributed by atoms with E-state index in [2.05, 4.69) is 12.2 Å². The molecule has 1 aliphatic heterocycles. The average molecular weight is 307 g/mol. The number of ether oxygens (including phenoxy) is 2. The molecule has 1 aromatic carbocycles. The number of methoxy groups -OCH3 is 2. The number of piperidine rings is 1. The molecule has 0 saturated carbocycles. The normalized spacial score (nSPS) is 21.2. The number of hydrogen-bond donors (Lipinski definition) is 2.